The number of benzene rings is 3. The van der Waals surface area contributed by atoms with E-state index in [0.717, 1.165) is 5.56 Å². The molecule has 0 atom stereocenters. The number of carbonyl (C=O) groups excluding carboxylic acids is 1. The first-order valence-electron chi connectivity index (χ1n) is 13.0. The van der Waals surface area contributed by atoms with Gasteiger partial charge in [-0.05, 0) is 43.7 Å². The van der Waals surface area contributed by atoms with Crippen molar-refractivity contribution < 1.29 is 19.0 Å². The zero-order valence-corrected chi connectivity index (χ0v) is 23.7. The van der Waals surface area contributed by atoms with E-state index >= 15 is 0 Å². The molecular weight excluding hydrogens is 530 g/mol. The summed E-state index contributed by atoms with van der Waals surface area (Å²) in [6, 6.07) is 18.7. The number of aromatic nitrogens is 2. The van der Waals surface area contributed by atoms with Crippen LogP contribution in [0.15, 0.2) is 60.7 Å². The predicted octanol–water partition coefficient (Wildman–Crippen LogP) is 5.16. The molecule has 40 heavy (non-hydrogen) atoms. The van der Waals surface area contributed by atoms with E-state index in [2.05, 4.69) is 4.98 Å². The summed E-state index contributed by atoms with van der Waals surface area (Å²) in [5.41, 5.74) is 7.88. The van der Waals surface area contributed by atoms with E-state index in [1.165, 1.54) is 0 Å². The van der Waals surface area contributed by atoms with Crippen molar-refractivity contribution in [3.8, 4) is 17.2 Å². The Morgan fingerprint density at radius 2 is 1.57 bits per heavy atom. The Labute approximate surface area is 238 Å². The third-order valence-electron chi connectivity index (χ3n) is 7.08. The van der Waals surface area contributed by atoms with Crippen molar-refractivity contribution in [3.63, 3.8) is 0 Å². The highest BCUT2D eigenvalue weighted by Crippen LogP contribution is 2.35. The lowest BCUT2D eigenvalue weighted by molar-refractivity contribution is 0.0746. The number of hydrogen-bond acceptors (Lipinski definition) is 8. The molecule has 0 unspecified atom stereocenters. The number of amides is 1. The Balaban J connectivity index is 1.26. The Kier molecular flexibility index (Phi) is 7.58. The van der Waals surface area contributed by atoms with E-state index < -0.39 is 5.60 Å². The van der Waals surface area contributed by atoms with Gasteiger partial charge in [0.2, 0.25) is 5.95 Å². The van der Waals surface area contributed by atoms with Crippen LogP contribution >= 0.6 is 11.6 Å². The minimum Gasteiger partial charge on any atom is -0.493 e. The van der Waals surface area contributed by atoms with Gasteiger partial charge in [0.05, 0.1) is 24.8 Å². The highest BCUT2D eigenvalue weighted by atomic mass is 35.5. The number of rotatable bonds is 7. The average Bonchev–Trinajstić information content (AvgIpc) is 2.97. The number of hydrogen-bond donors (Lipinski definition) is 1. The molecule has 0 aliphatic carbocycles. The van der Waals surface area contributed by atoms with Crippen molar-refractivity contribution >= 4 is 40.2 Å². The number of ether oxygens (including phenoxy) is 3. The van der Waals surface area contributed by atoms with Crippen LogP contribution in [0.5, 0.6) is 17.2 Å². The first kappa shape index (κ1) is 27.3. The number of anilines is 2. The van der Waals surface area contributed by atoms with Crippen LogP contribution in [-0.2, 0) is 5.60 Å². The first-order chi connectivity index (χ1) is 19.2. The Hall–Kier alpha value is -4.24. The maximum Gasteiger partial charge on any atom is 0.254 e. The Bertz CT molecular complexity index is 1540. The van der Waals surface area contributed by atoms with Crippen LogP contribution in [0, 0.1) is 0 Å². The van der Waals surface area contributed by atoms with Gasteiger partial charge in [-0.15, -0.1) is 0 Å². The molecule has 208 valence electrons. The maximum absolute atomic E-state index is 13.3. The lowest BCUT2D eigenvalue weighted by atomic mass is 9.98. The largest absolute Gasteiger partial charge is 0.493 e. The summed E-state index contributed by atoms with van der Waals surface area (Å²) in [5, 5.41) is 1.08. The van der Waals surface area contributed by atoms with Crippen molar-refractivity contribution in [2.45, 2.75) is 19.4 Å². The third kappa shape index (κ3) is 5.42. The second kappa shape index (κ2) is 11.1. The van der Waals surface area contributed by atoms with E-state index in [1.807, 2.05) is 49.1 Å². The smallest absolute Gasteiger partial charge is 0.254 e. The van der Waals surface area contributed by atoms with E-state index in [1.54, 1.807) is 49.5 Å². The normalized spacial score (nSPS) is 13.8. The van der Waals surface area contributed by atoms with Crippen LogP contribution in [-0.4, -0.2) is 61.2 Å². The lowest BCUT2D eigenvalue weighted by Crippen LogP contribution is -2.49. The van der Waals surface area contributed by atoms with Crippen molar-refractivity contribution in [2.24, 2.45) is 0 Å². The van der Waals surface area contributed by atoms with Crippen LogP contribution in [0.3, 0.4) is 0 Å². The van der Waals surface area contributed by atoms with Gasteiger partial charge in [0.1, 0.15) is 17.2 Å². The number of nitrogen functional groups attached to an aromatic ring is 1. The number of halogens is 1. The summed E-state index contributed by atoms with van der Waals surface area (Å²) < 4.78 is 17.0. The van der Waals surface area contributed by atoms with Crippen LogP contribution < -0.4 is 24.8 Å². The van der Waals surface area contributed by atoms with Gasteiger partial charge in [0, 0.05) is 43.2 Å². The molecule has 1 aromatic heterocycles. The molecule has 5 rings (SSSR count). The number of piperazine rings is 1. The van der Waals surface area contributed by atoms with Gasteiger partial charge >= 0.3 is 0 Å². The number of nitrogens with zero attached hydrogens (tertiary/aromatic N) is 4. The SMILES string of the molecule is COc1cc2nc(N3CCN(C(=O)c4ccc(OC(C)(C)c5ccccc5)c(Cl)c4)CC3)nc(N)c2cc1OC. The van der Waals surface area contributed by atoms with Crippen molar-refractivity contribution in [1.82, 2.24) is 14.9 Å². The molecule has 0 radical (unpaired) electrons. The van der Waals surface area contributed by atoms with Gasteiger partial charge in [-0.3, -0.25) is 4.79 Å². The molecule has 3 aromatic carbocycles. The van der Waals surface area contributed by atoms with Crippen LogP contribution in [0.2, 0.25) is 5.02 Å². The minimum absolute atomic E-state index is 0.0915. The first-order valence-corrected chi connectivity index (χ1v) is 13.4. The van der Waals surface area contributed by atoms with Crippen LogP contribution in [0.1, 0.15) is 29.8 Å². The van der Waals surface area contributed by atoms with Gasteiger partial charge in [-0.2, -0.15) is 4.98 Å². The fourth-order valence-corrected chi connectivity index (χ4v) is 5.01. The third-order valence-corrected chi connectivity index (χ3v) is 7.38. The molecule has 10 heteroatoms. The molecule has 4 aromatic rings. The average molecular weight is 562 g/mol. The van der Waals surface area contributed by atoms with Gasteiger partial charge < -0.3 is 29.7 Å². The summed E-state index contributed by atoms with van der Waals surface area (Å²) in [5.74, 6) is 2.42. The van der Waals surface area contributed by atoms with Gasteiger partial charge in [0.15, 0.2) is 11.5 Å². The second-order valence-corrected chi connectivity index (χ2v) is 10.4. The number of methoxy groups -OCH3 is 2. The predicted molar refractivity (Wildman–Crippen MR) is 157 cm³/mol. The topological polar surface area (TPSA) is 103 Å². The van der Waals surface area contributed by atoms with E-state index in [4.69, 9.17) is 36.5 Å². The molecule has 1 fully saturated rings. The molecule has 0 saturated carbocycles. The summed E-state index contributed by atoms with van der Waals surface area (Å²) in [4.78, 5) is 26.4. The molecule has 1 amide bonds. The monoisotopic (exact) mass is 561 g/mol. The second-order valence-electron chi connectivity index (χ2n) is 10.0. The van der Waals surface area contributed by atoms with Gasteiger partial charge in [-0.1, -0.05) is 41.9 Å². The highest BCUT2D eigenvalue weighted by Gasteiger charge is 2.27. The molecule has 1 aliphatic rings. The van der Waals surface area contributed by atoms with E-state index in [9.17, 15) is 4.79 Å². The zero-order chi connectivity index (χ0) is 28.4. The molecule has 2 heterocycles. The molecule has 0 bridgehead atoms. The Morgan fingerprint density at radius 3 is 2.23 bits per heavy atom. The summed E-state index contributed by atoms with van der Waals surface area (Å²) in [6.07, 6.45) is 0. The van der Waals surface area contributed by atoms with Crippen molar-refractivity contribution in [3.05, 3.63) is 76.8 Å². The molecule has 0 spiro atoms. The lowest BCUT2D eigenvalue weighted by Gasteiger charge is -2.35. The summed E-state index contributed by atoms with van der Waals surface area (Å²) >= 11 is 6.56. The van der Waals surface area contributed by atoms with Crippen LogP contribution in [0.4, 0.5) is 11.8 Å². The standard InChI is InChI=1S/C30H32ClN5O4/c1-30(2,20-8-6-5-7-9-20)40-24-11-10-19(16-22(24)31)28(37)35-12-14-36(15-13-35)29-33-23-18-26(39-4)25(38-3)17-21(23)27(32)34-29/h5-11,16-18H,12-15H2,1-4H3,(H2,32,33,34). The highest BCUT2D eigenvalue weighted by molar-refractivity contribution is 6.32. The van der Waals surface area contributed by atoms with E-state index in [-0.39, 0.29) is 5.91 Å². The molecule has 9 nitrogen and oxygen atoms in total. The van der Waals surface area contributed by atoms with Gasteiger partial charge in [-0.25, -0.2) is 4.98 Å². The quantitative estimate of drug-likeness (QED) is 0.330. The summed E-state index contributed by atoms with van der Waals surface area (Å²) in [7, 11) is 3.14. The Morgan fingerprint density at radius 1 is 0.900 bits per heavy atom. The van der Waals surface area contributed by atoms with Crippen molar-refractivity contribution in [1.29, 1.82) is 0 Å². The molecular formula is C30H32ClN5O4. The van der Waals surface area contributed by atoms with Gasteiger partial charge in [0.25, 0.3) is 5.91 Å². The van der Waals surface area contributed by atoms with E-state index in [0.29, 0.717) is 76.7 Å². The van der Waals surface area contributed by atoms with Crippen molar-refractivity contribution in [2.75, 3.05) is 51.0 Å². The molecule has 2 N–H and O–H groups in total. The maximum atomic E-state index is 13.3. The zero-order valence-electron chi connectivity index (χ0n) is 23.0. The molecule has 1 saturated heterocycles. The number of fused-ring (bicyclic) bond motifs is 1. The number of nitrogens with two attached hydrogens (primary N) is 1. The molecule has 1 aliphatic heterocycles. The minimum atomic E-state index is -0.585. The summed E-state index contributed by atoms with van der Waals surface area (Å²) in [6.45, 7) is 6.09. The fourth-order valence-electron chi connectivity index (χ4n) is 4.79. The van der Waals surface area contributed by atoms with Crippen LogP contribution in [0.25, 0.3) is 10.9 Å². The number of carbonyl (C=O) groups is 1. The fraction of sp³-hybridized carbons (Fsp3) is 0.300.